The van der Waals surface area contributed by atoms with Crippen LogP contribution in [0.3, 0.4) is 0 Å². The molecule has 0 radical (unpaired) electrons. The summed E-state index contributed by atoms with van der Waals surface area (Å²) in [6.07, 6.45) is 5.25. The Morgan fingerprint density at radius 2 is 1.82 bits per heavy atom. The van der Waals surface area contributed by atoms with Gasteiger partial charge in [-0.2, -0.15) is 5.26 Å². The zero-order chi connectivity index (χ0) is 12.1. The maximum atomic E-state index is 8.70. The van der Waals surface area contributed by atoms with Crippen molar-refractivity contribution in [3.63, 3.8) is 0 Å². The highest BCUT2D eigenvalue weighted by Gasteiger charge is 2.18. The first-order valence-electron chi connectivity index (χ1n) is 6.41. The maximum absolute atomic E-state index is 8.70. The van der Waals surface area contributed by atoms with Crippen molar-refractivity contribution in [2.45, 2.75) is 32.6 Å². The average Bonchev–Trinajstić information content (AvgIpc) is 2.39. The van der Waals surface area contributed by atoms with Gasteiger partial charge in [0.15, 0.2) is 0 Å². The van der Waals surface area contributed by atoms with E-state index in [0.717, 1.165) is 18.3 Å². The third-order valence-electron chi connectivity index (χ3n) is 3.60. The molecular formula is C15H19NO. The summed E-state index contributed by atoms with van der Waals surface area (Å²) in [5.74, 6) is 2.48. The average molecular weight is 229 g/mol. The molecule has 0 aliphatic heterocycles. The molecule has 1 aromatic carbocycles. The molecule has 1 aromatic rings. The molecule has 0 atom stereocenters. The van der Waals surface area contributed by atoms with Crippen LogP contribution in [-0.4, -0.2) is 6.61 Å². The molecule has 1 aliphatic rings. The quantitative estimate of drug-likeness (QED) is 0.790. The lowest BCUT2D eigenvalue weighted by molar-refractivity contribution is 0.188. The van der Waals surface area contributed by atoms with E-state index in [1.54, 1.807) is 12.1 Å². The van der Waals surface area contributed by atoms with E-state index in [1.165, 1.54) is 25.7 Å². The zero-order valence-corrected chi connectivity index (χ0v) is 10.4. The summed E-state index contributed by atoms with van der Waals surface area (Å²) >= 11 is 0. The Hall–Kier alpha value is -1.49. The Labute approximate surface area is 103 Å². The molecule has 0 amide bonds. The molecule has 0 saturated heterocycles. The smallest absolute Gasteiger partial charge is 0.119 e. The van der Waals surface area contributed by atoms with Crippen molar-refractivity contribution in [2.24, 2.45) is 11.8 Å². The van der Waals surface area contributed by atoms with Gasteiger partial charge < -0.3 is 4.74 Å². The number of ether oxygens (including phenoxy) is 1. The van der Waals surface area contributed by atoms with E-state index in [1.807, 2.05) is 12.1 Å². The molecule has 0 bridgehead atoms. The fraction of sp³-hybridized carbons (Fsp3) is 0.533. The van der Waals surface area contributed by atoms with Crippen molar-refractivity contribution in [3.05, 3.63) is 29.8 Å². The molecule has 0 unspecified atom stereocenters. The van der Waals surface area contributed by atoms with E-state index in [0.29, 0.717) is 11.5 Å². The Balaban J connectivity index is 1.79. The predicted octanol–water partition coefficient (Wildman–Crippen LogP) is 3.76. The van der Waals surface area contributed by atoms with E-state index in [2.05, 4.69) is 13.0 Å². The van der Waals surface area contributed by atoms with E-state index < -0.39 is 0 Å². The highest BCUT2D eigenvalue weighted by atomic mass is 16.5. The first kappa shape index (κ1) is 12.0. The Morgan fingerprint density at radius 3 is 2.41 bits per heavy atom. The lowest BCUT2D eigenvalue weighted by Crippen LogP contribution is -2.18. The molecule has 17 heavy (non-hydrogen) atoms. The van der Waals surface area contributed by atoms with Crippen molar-refractivity contribution >= 4 is 0 Å². The molecule has 0 spiro atoms. The molecule has 2 nitrogen and oxygen atoms in total. The third-order valence-corrected chi connectivity index (χ3v) is 3.60. The second-order valence-corrected chi connectivity index (χ2v) is 5.07. The van der Waals surface area contributed by atoms with Crippen molar-refractivity contribution in [1.29, 1.82) is 5.26 Å². The summed E-state index contributed by atoms with van der Waals surface area (Å²) in [5.41, 5.74) is 0.684. The van der Waals surface area contributed by atoms with E-state index >= 15 is 0 Å². The summed E-state index contributed by atoms with van der Waals surface area (Å²) in [5, 5.41) is 8.70. The number of nitrogens with zero attached hydrogens (tertiary/aromatic N) is 1. The highest BCUT2D eigenvalue weighted by molar-refractivity contribution is 5.34. The van der Waals surface area contributed by atoms with Gasteiger partial charge in [-0.15, -0.1) is 0 Å². The summed E-state index contributed by atoms with van der Waals surface area (Å²) < 4.78 is 5.77. The summed E-state index contributed by atoms with van der Waals surface area (Å²) in [7, 11) is 0. The third kappa shape index (κ3) is 3.49. The SMILES string of the molecule is CC1CCC(COc2ccc(C#N)cc2)CC1. The molecule has 1 aliphatic carbocycles. The normalized spacial score (nSPS) is 24.0. The number of nitriles is 1. The van der Waals surface area contributed by atoms with Crippen LogP contribution in [0.2, 0.25) is 0 Å². The van der Waals surface area contributed by atoms with E-state index in [-0.39, 0.29) is 0 Å². The minimum Gasteiger partial charge on any atom is -0.493 e. The van der Waals surface area contributed by atoms with Crippen LogP contribution < -0.4 is 4.74 Å². The Bertz CT molecular complexity index is 382. The fourth-order valence-electron chi connectivity index (χ4n) is 2.34. The van der Waals surface area contributed by atoms with Crippen LogP contribution in [0, 0.1) is 23.2 Å². The molecule has 1 saturated carbocycles. The minimum absolute atomic E-state index is 0.684. The van der Waals surface area contributed by atoms with Crippen LogP contribution in [0.15, 0.2) is 24.3 Å². The molecular weight excluding hydrogens is 210 g/mol. The van der Waals surface area contributed by atoms with Crippen LogP contribution in [0.1, 0.15) is 38.2 Å². The molecule has 0 aromatic heterocycles. The van der Waals surface area contributed by atoms with E-state index in [9.17, 15) is 0 Å². The van der Waals surface area contributed by atoms with Crippen LogP contribution in [-0.2, 0) is 0 Å². The number of hydrogen-bond donors (Lipinski definition) is 0. The fourth-order valence-corrected chi connectivity index (χ4v) is 2.34. The first-order chi connectivity index (χ1) is 8.28. The van der Waals surface area contributed by atoms with Gasteiger partial charge >= 0.3 is 0 Å². The van der Waals surface area contributed by atoms with Gasteiger partial charge in [0.2, 0.25) is 0 Å². The standard InChI is InChI=1S/C15H19NO/c1-12-2-4-14(5-3-12)11-17-15-8-6-13(10-16)7-9-15/h6-9,12,14H,2-5,11H2,1H3. The van der Waals surface area contributed by atoms with Gasteiger partial charge in [-0.05, 0) is 48.9 Å². The van der Waals surface area contributed by atoms with Crippen molar-refractivity contribution < 1.29 is 4.74 Å². The zero-order valence-electron chi connectivity index (χ0n) is 10.4. The van der Waals surface area contributed by atoms with E-state index in [4.69, 9.17) is 10.00 Å². The lowest BCUT2D eigenvalue weighted by Gasteiger charge is -2.25. The summed E-state index contributed by atoms with van der Waals surface area (Å²) in [4.78, 5) is 0. The molecule has 2 rings (SSSR count). The van der Waals surface area contributed by atoms with Gasteiger partial charge in [0.25, 0.3) is 0 Å². The molecule has 2 heteroatoms. The van der Waals surface area contributed by atoms with Crippen LogP contribution in [0.5, 0.6) is 5.75 Å². The van der Waals surface area contributed by atoms with Gasteiger partial charge in [-0.3, -0.25) is 0 Å². The summed E-state index contributed by atoms with van der Waals surface area (Å²) in [6, 6.07) is 9.47. The number of benzene rings is 1. The molecule has 90 valence electrons. The molecule has 1 fully saturated rings. The summed E-state index contributed by atoms with van der Waals surface area (Å²) in [6.45, 7) is 3.15. The second kappa shape index (κ2) is 5.72. The van der Waals surface area contributed by atoms with Crippen LogP contribution >= 0.6 is 0 Å². The topological polar surface area (TPSA) is 33.0 Å². The van der Waals surface area contributed by atoms with Gasteiger partial charge in [0.05, 0.1) is 18.2 Å². The van der Waals surface area contributed by atoms with Gasteiger partial charge in [-0.1, -0.05) is 19.8 Å². The lowest BCUT2D eigenvalue weighted by atomic mass is 9.83. The largest absolute Gasteiger partial charge is 0.493 e. The Morgan fingerprint density at radius 1 is 1.18 bits per heavy atom. The van der Waals surface area contributed by atoms with Crippen LogP contribution in [0.25, 0.3) is 0 Å². The molecule has 0 heterocycles. The first-order valence-corrected chi connectivity index (χ1v) is 6.41. The van der Waals surface area contributed by atoms with Crippen molar-refractivity contribution in [3.8, 4) is 11.8 Å². The number of hydrogen-bond acceptors (Lipinski definition) is 2. The van der Waals surface area contributed by atoms with Crippen molar-refractivity contribution in [1.82, 2.24) is 0 Å². The second-order valence-electron chi connectivity index (χ2n) is 5.07. The highest BCUT2D eigenvalue weighted by Crippen LogP contribution is 2.28. The maximum Gasteiger partial charge on any atom is 0.119 e. The van der Waals surface area contributed by atoms with Gasteiger partial charge in [0, 0.05) is 0 Å². The number of rotatable bonds is 3. The molecule has 0 N–H and O–H groups in total. The Kier molecular flexibility index (Phi) is 4.03. The van der Waals surface area contributed by atoms with Crippen molar-refractivity contribution in [2.75, 3.05) is 6.61 Å². The van der Waals surface area contributed by atoms with Crippen LogP contribution in [0.4, 0.5) is 0 Å². The predicted molar refractivity (Wildman–Crippen MR) is 67.8 cm³/mol. The monoisotopic (exact) mass is 229 g/mol. The van der Waals surface area contributed by atoms with Gasteiger partial charge in [-0.25, -0.2) is 0 Å². The van der Waals surface area contributed by atoms with Gasteiger partial charge in [0.1, 0.15) is 5.75 Å². The minimum atomic E-state index is 0.684.